The lowest BCUT2D eigenvalue weighted by atomic mass is 10.0. The van der Waals surface area contributed by atoms with Crippen molar-refractivity contribution in [3.05, 3.63) is 41.4 Å². The summed E-state index contributed by atoms with van der Waals surface area (Å²) in [5.41, 5.74) is 1.56. The lowest BCUT2D eigenvalue weighted by molar-refractivity contribution is -0.122. The number of nitrogens with zero attached hydrogens (tertiary/aromatic N) is 2. The van der Waals surface area contributed by atoms with Crippen LogP contribution in [-0.4, -0.2) is 40.8 Å². The summed E-state index contributed by atoms with van der Waals surface area (Å²) >= 11 is 1.50. The maximum atomic E-state index is 12.8. The zero-order chi connectivity index (χ0) is 19.3. The molecule has 4 rings (SSSR count). The minimum Gasteiger partial charge on any atom is -0.353 e. The van der Waals surface area contributed by atoms with Gasteiger partial charge >= 0.3 is 0 Å². The van der Waals surface area contributed by atoms with Crippen LogP contribution in [-0.2, 0) is 4.79 Å². The molecule has 0 radical (unpaired) electrons. The quantitative estimate of drug-likeness (QED) is 0.826. The Hall–Kier alpha value is -2.21. The van der Waals surface area contributed by atoms with Crippen LogP contribution in [0.3, 0.4) is 0 Å². The van der Waals surface area contributed by atoms with Crippen molar-refractivity contribution in [1.29, 1.82) is 0 Å². The van der Waals surface area contributed by atoms with Gasteiger partial charge in [-0.15, -0.1) is 11.3 Å². The summed E-state index contributed by atoms with van der Waals surface area (Å²) in [7, 11) is 0. The van der Waals surface area contributed by atoms with Crippen molar-refractivity contribution in [2.75, 3.05) is 13.1 Å². The summed E-state index contributed by atoms with van der Waals surface area (Å²) in [5.74, 6) is 0.753. The normalized spacial score (nSPS) is 18.4. The number of hydrogen-bond acceptors (Lipinski definition) is 4. The molecule has 1 aliphatic carbocycles. The standard InChI is InChI=1S/C22H27N3O2S/c26-20(14-16-6-4-5-7-16)23-18-10-12-25(13-11-18)22(27)19-15-28-21(24-19)17-8-2-1-3-9-17/h1-3,8-9,15-16,18H,4-7,10-14H2,(H,23,26). The largest absolute Gasteiger partial charge is 0.353 e. The summed E-state index contributed by atoms with van der Waals surface area (Å²) in [6.45, 7) is 1.34. The SMILES string of the molecule is O=C(CC1CCCC1)NC1CCN(C(=O)c2csc(-c3ccccc3)n2)CC1. The number of aromatic nitrogens is 1. The van der Waals surface area contributed by atoms with Crippen molar-refractivity contribution in [1.82, 2.24) is 15.2 Å². The average molecular weight is 398 g/mol. The number of thiazole rings is 1. The number of nitrogens with one attached hydrogen (secondary N) is 1. The number of rotatable bonds is 5. The van der Waals surface area contributed by atoms with E-state index in [9.17, 15) is 9.59 Å². The topological polar surface area (TPSA) is 62.3 Å². The van der Waals surface area contributed by atoms with Crippen molar-refractivity contribution >= 4 is 23.2 Å². The monoisotopic (exact) mass is 397 g/mol. The van der Waals surface area contributed by atoms with E-state index in [1.54, 1.807) is 0 Å². The van der Waals surface area contributed by atoms with E-state index < -0.39 is 0 Å². The molecule has 5 nitrogen and oxygen atoms in total. The number of carbonyl (C=O) groups excluding carboxylic acids is 2. The summed E-state index contributed by atoms with van der Waals surface area (Å²) in [4.78, 5) is 31.4. The molecule has 1 saturated carbocycles. The van der Waals surface area contributed by atoms with E-state index in [0.29, 0.717) is 31.1 Å². The Kier molecular flexibility index (Phi) is 6.05. The molecule has 0 bridgehead atoms. The predicted molar refractivity (Wildman–Crippen MR) is 111 cm³/mol. The number of likely N-dealkylation sites (tertiary alicyclic amines) is 1. The van der Waals surface area contributed by atoms with Crippen LogP contribution in [0.5, 0.6) is 0 Å². The van der Waals surface area contributed by atoms with Gasteiger partial charge in [0.05, 0.1) is 0 Å². The molecule has 2 aromatic rings. The molecule has 2 heterocycles. The minimum atomic E-state index is -0.00540. The molecule has 1 saturated heterocycles. The van der Waals surface area contributed by atoms with Gasteiger partial charge in [0, 0.05) is 36.5 Å². The molecular weight excluding hydrogens is 370 g/mol. The molecule has 1 aliphatic heterocycles. The summed E-state index contributed by atoms with van der Waals surface area (Å²) in [6, 6.07) is 10.1. The molecule has 0 spiro atoms. The Balaban J connectivity index is 1.27. The van der Waals surface area contributed by atoms with Gasteiger partial charge in [-0.1, -0.05) is 43.2 Å². The average Bonchev–Trinajstić information content (AvgIpc) is 3.41. The fraction of sp³-hybridized carbons (Fsp3) is 0.500. The first-order chi connectivity index (χ1) is 13.7. The van der Waals surface area contributed by atoms with E-state index in [0.717, 1.165) is 23.4 Å². The van der Waals surface area contributed by atoms with Gasteiger partial charge in [-0.3, -0.25) is 9.59 Å². The highest BCUT2D eigenvalue weighted by atomic mass is 32.1. The molecule has 1 aromatic carbocycles. The highest BCUT2D eigenvalue weighted by Crippen LogP contribution is 2.28. The third kappa shape index (κ3) is 4.61. The maximum Gasteiger partial charge on any atom is 0.273 e. The van der Waals surface area contributed by atoms with Crippen molar-refractivity contribution in [2.24, 2.45) is 5.92 Å². The van der Waals surface area contributed by atoms with Crippen molar-refractivity contribution in [3.63, 3.8) is 0 Å². The van der Waals surface area contributed by atoms with Crippen LogP contribution in [0.2, 0.25) is 0 Å². The van der Waals surface area contributed by atoms with Gasteiger partial charge in [0.1, 0.15) is 10.7 Å². The van der Waals surface area contributed by atoms with Crippen molar-refractivity contribution in [3.8, 4) is 10.6 Å². The Bertz CT molecular complexity index is 806. The number of hydrogen-bond donors (Lipinski definition) is 1. The molecule has 2 fully saturated rings. The smallest absolute Gasteiger partial charge is 0.273 e. The summed E-state index contributed by atoms with van der Waals surface area (Å²) in [6.07, 6.45) is 7.22. The first kappa shape index (κ1) is 19.1. The van der Waals surface area contributed by atoms with Gasteiger partial charge in [0.15, 0.2) is 0 Å². The second-order valence-electron chi connectivity index (χ2n) is 7.89. The second kappa shape index (κ2) is 8.86. The Labute approximate surface area is 170 Å². The van der Waals surface area contributed by atoms with Crippen LogP contribution < -0.4 is 5.32 Å². The van der Waals surface area contributed by atoms with E-state index in [2.05, 4.69) is 10.3 Å². The maximum absolute atomic E-state index is 12.8. The Morgan fingerprint density at radius 2 is 1.79 bits per heavy atom. The van der Waals surface area contributed by atoms with Crippen LogP contribution in [0.4, 0.5) is 0 Å². The van der Waals surface area contributed by atoms with Crippen LogP contribution in [0.1, 0.15) is 55.4 Å². The fourth-order valence-electron chi connectivity index (χ4n) is 4.24. The molecule has 1 N–H and O–H groups in total. The number of amides is 2. The Morgan fingerprint density at radius 1 is 1.07 bits per heavy atom. The van der Waals surface area contributed by atoms with Gasteiger partial charge in [0.2, 0.25) is 5.91 Å². The van der Waals surface area contributed by atoms with Crippen LogP contribution in [0, 0.1) is 5.92 Å². The van der Waals surface area contributed by atoms with E-state index in [1.165, 1.54) is 37.0 Å². The number of piperidine rings is 1. The van der Waals surface area contributed by atoms with Crippen molar-refractivity contribution < 1.29 is 9.59 Å². The molecule has 28 heavy (non-hydrogen) atoms. The lowest BCUT2D eigenvalue weighted by Crippen LogP contribution is -2.46. The Morgan fingerprint density at radius 3 is 2.50 bits per heavy atom. The predicted octanol–water partition coefficient (Wildman–Crippen LogP) is 4.11. The minimum absolute atomic E-state index is 0.00540. The molecule has 0 atom stereocenters. The molecule has 0 unspecified atom stereocenters. The van der Waals surface area contributed by atoms with Gasteiger partial charge in [-0.25, -0.2) is 4.98 Å². The van der Waals surface area contributed by atoms with E-state index in [4.69, 9.17) is 0 Å². The zero-order valence-electron chi connectivity index (χ0n) is 16.1. The van der Waals surface area contributed by atoms with E-state index in [1.807, 2.05) is 40.6 Å². The lowest BCUT2D eigenvalue weighted by Gasteiger charge is -2.32. The second-order valence-corrected chi connectivity index (χ2v) is 8.75. The van der Waals surface area contributed by atoms with Gasteiger partial charge < -0.3 is 10.2 Å². The third-order valence-electron chi connectivity index (χ3n) is 5.84. The van der Waals surface area contributed by atoms with Crippen molar-refractivity contribution in [2.45, 2.75) is 51.0 Å². The third-order valence-corrected chi connectivity index (χ3v) is 6.73. The molecule has 2 aliphatic rings. The van der Waals surface area contributed by atoms with Gasteiger partial charge in [-0.05, 0) is 31.6 Å². The van der Waals surface area contributed by atoms with Gasteiger partial charge in [0.25, 0.3) is 5.91 Å². The number of benzene rings is 1. The van der Waals surface area contributed by atoms with Crippen LogP contribution >= 0.6 is 11.3 Å². The van der Waals surface area contributed by atoms with Crippen LogP contribution in [0.25, 0.3) is 10.6 Å². The molecular formula is C22H27N3O2S. The number of carbonyl (C=O) groups is 2. The van der Waals surface area contributed by atoms with E-state index in [-0.39, 0.29) is 17.9 Å². The molecule has 148 valence electrons. The van der Waals surface area contributed by atoms with Gasteiger partial charge in [-0.2, -0.15) is 0 Å². The fourth-order valence-corrected chi connectivity index (χ4v) is 5.04. The first-order valence-corrected chi connectivity index (χ1v) is 11.2. The first-order valence-electron chi connectivity index (χ1n) is 10.3. The molecule has 1 aromatic heterocycles. The molecule has 6 heteroatoms. The highest BCUT2D eigenvalue weighted by molar-refractivity contribution is 7.13. The molecule has 2 amide bonds. The zero-order valence-corrected chi connectivity index (χ0v) is 16.9. The summed E-state index contributed by atoms with van der Waals surface area (Å²) < 4.78 is 0. The summed E-state index contributed by atoms with van der Waals surface area (Å²) in [5, 5.41) is 5.90. The van der Waals surface area contributed by atoms with E-state index >= 15 is 0 Å². The highest BCUT2D eigenvalue weighted by Gasteiger charge is 2.27. The van der Waals surface area contributed by atoms with Crippen LogP contribution in [0.15, 0.2) is 35.7 Å².